The zero-order valence-corrected chi connectivity index (χ0v) is 26.3. The van der Waals surface area contributed by atoms with Crippen LogP contribution >= 0.6 is 11.6 Å². The zero-order chi connectivity index (χ0) is 33.7. The SMILES string of the molecule is COc1cc(C(=O)NC[C@@](O)(c2ccccc2)c2cc3c(c(-c4cc(Cl)c(F)cc4F)n2)OC[C@]3(C)C(N)=O)cc2ccc(C)nc12. The quantitative estimate of drug-likeness (QED) is 0.191. The molecule has 3 aromatic carbocycles. The molecule has 2 aromatic heterocycles. The summed E-state index contributed by atoms with van der Waals surface area (Å²) in [6, 6.07) is 18.3. The van der Waals surface area contributed by atoms with Crippen LogP contribution in [-0.2, 0) is 15.8 Å². The Morgan fingerprint density at radius 1 is 1.09 bits per heavy atom. The number of nitrogens with zero attached hydrogens (tertiary/aromatic N) is 2. The van der Waals surface area contributed by atoms with Crippen LogP contribution in [0, 0.1) is 18.6 Å². The van der Waals surface area contributed by atoms with Gasteiger partial charge in [-0.25, -0.2) is 18.7 Å². The molecule has 2 atom stereocenters. The summed E-state index contributed by atoms with van der Waals surface area (Å²) in [5.74, 6) is -2.83. The smallest absolute Gasteiger partial charge is 0.251 e. The number of hydrogen-bond acceptors (Lipinski definition) is 7. The molecule has 240 valence electrons. The second-order valence-electron chi connectivity index (χ2n) is 11.6. The molecule has 1 aliphatic rings. The van der Waals surface area contributed by atoms with Crippen molar-refractivity contribution in [1.82, 2.24) is 15.3 Å². The van der Waals surface area contributed by atoms with Crippen molar-refractivity contribution in [1.29, 1.82) is 0 Å². The van der Waals surface area contributed by atoms with Crippen LogP contribution in [0.5, 0.6) is 11.5 Å². The van der Waals surface area contributed by atoms with Crippen LogP contribution in [0.25, 0.3) is 22.2 Å². The van der Waals surface area contributed by atoms with Gasteiger partial charge in [0.15, 0.2) is 0 Å². The number of nitrogens with one attached hydrogen (secondary N) is 1. The van der Waals surface area contributed by atoms with Gasteiger partial charge in [0, 0.05) is 33.8 Å². The minimum Gasteiger partial charge on any atom is -0.494 e. The second kappa shape index (κ2) is 11.9. The van der Waals surface area contributed by atoms with E-state index in [1.165, 1.54) is 13.2 Å². The maximum absolute atomic E-state index is 15.3. The van der Waals surface area contributed by atoms with Crippen molar-refractivity contribution >= 4 is 34.3 Å². The number of benzene rings is 3. The van der Waals surface area contributed by atoms with Gasteiger partial charge >= 0.3 is 0 Å². The van der Waals surface area contributed by atoms with Crippen molar-refractivity contribution in [2.45, 2.75) is 24.9 Å². The summed E-state index contributed by atoms with van der Waals surface area (Å²) < 4.78 is 40.8. The predicted octanol–water partition coefficient (Wildman–Crippen LogP) is 5.35. The molecule has 0 saturated heterocycles. The summed E-state index contributed by atoms with van der Waals surface area (Å²) in [5, 5.41) is 15.6. The number of rotatable bonds is 8. The van der Waals surface area contributed by atoms with Gasteiger partial charge in [0.05, 0.1) is 24.4 Å². The topological polar surface area (TPSA) is 137 Å². The normalized spacial score (nSPS) is 16.7. The van der Waals surface area contributed by atoms with Crippen LogP contribution in [-0.4, -0.2) is 47.2 Å². The highest BCUT2D eigenvalue weighted by atomic mass is 35.5. The standard InChI is InChI=1S/C35H29ClF2N4O5/c1-18-9-10-19-11-20(12-27(46-3)29(19)41-18)32(43)40-16-35(45,21-7-5-4-6-8-21)28-14-23-31(47-17-34(23,2)33(39)44)30(42-28)22-13-24(36)26(38)15-25(22)37/h4-15,45H,16-17H2,1-3H3,(H2,39,44)(H,40,43)/t34-,35+/m0/s1. The first-order valence-corrected chi connectivity index (χ1v) is 14.9. The molecule has 0 unspecified atom stereocenters. The molecule has 3 heterocycles. The van der Waals surface area contributed by atoms with E-state index in [1.807, 2.05) is 19.1 Å². The molecule has 47 heavy (non-hydrogen) atoms. The van der Waals surface area contributed by atoms with Gasteiger partial charge in [-0.1, -0.05) is 48.0 Å². The van der Waals surface area contributed by atoms with Crippen LogP contribution in [0.1, 0.15) is 39.8 Å². The van der Waals surface area contributed by atoms with Crippen molar-refractivity contribution in [3.05, 3.63) is 118 Å². The van der Waals surface area contributed by atoms with E-state index in [4.69, 9.17) is 26.8 Å². The molecule has 0 fully saturated rings. The minimum atomic E-state index is -2.04. The summed E-state index contributed by atoms with van der Waals surface area (Å²) in [4.78, 5) is 35.5. The Kier molecular flexibility index (Phi) is 8.06. The zero-order valence-electron chi connectivity index (χ0n) is 25.5. The number of carbonyl (C=O) groups excluding carboxylic acids is 2. The fraction of sp³-hybridized carbons (Fsp3) is 0.200. The summed E-state index contributed by atoms with van der Waals surface area (Å²) >= 11 is 6.03. The highest BCUT2D eigenvalue weighted by Crippen LogP contribution is 2.47. The van der Waals surface area contributed by atoms with Gasteiger partial charge in [0.1, 0.15) is 52.0 Å². The van der Waals surface area contributed by atoms with Gasteiger partial charge < -0.3 is 25.6 Å². The number of ether oxygens (including phenoxy) is 2. The van der Waals surface area contributed by atoms with E-state index in [1.54, 1.807) is 49.4 Å². The van der Waals surface area contributed by atoms with Crippen molar-refractivity contribution in [3.63, 3.8) is 0 Å². The molecule has 0 bridgehead atoms. The number of halogens is 3. The van der Waals surface area contributed by atoms with Crippen LogP contribution < -0.4 is 20.5 Å². The summed E-state index contributed by atoms with van der Waals surface area (Å²) in [7, 11) is 1.48. The molecular weight excluding hydrogens is 630 g/mol. The maximum Gasteiger partial charge on any atom is 0.251 e. The third-order valence-corrected chi connectivity index (χ3v) is 8.73. The molecule has 0 radical (unpaired) electrons. The number of pyridine rings is 2. The molecule has 0 spiro atoms. The van der Waals surface area contributed by atoms with E-state index in [2.05, 4.69) is 15.3 Å². The number of aliphatic hydroxyl groups is 1. The van der Waals surface area contributed by atoms with Crippen LogP contribution in [0.3, 0.4) is 0 Å². The van der Waals surface area contributed by atoms with Crippen LogP contribution in [0.2, 0.25) is 5.02 Å². The molecule has 9 nitrogen and oxygen atoms in total. The van der Waals surface area contributed by atoms with E-state index in [0.29, 0.717) is 28.3 Å². The Hall–Kier alpha value is -5.13. The Morgan fingerprint density at radius 2 is 1.83 bits per heavy atom. The third kappa shape index (κ3) is 5.51. The first-order valence-electron chi connectivity index (χ1n) is 14.5. The summed E-state index contributed by atoms with van der Waals surface area (Å²) in [6.45, 7) is 2.80. The van der Waals surface area contributed by atoms with Crippen molar-refractivity contribution < 1.29 is 33.0 Å². The summed E-state index contributed by atoms with van der Waals surface area (Å²) in [6.07, 6.45) is 0. The Labute approximate surface area is 273 Å². The highest BCUT2D eigenvalue weighted by molar-refractivity contribution is 6.31. The number of amides is 2. The van der Waals surface area contributed by atoms with Gasteiger partial charge in [0.25, 0.3) is 5.91 Å². The minimum absolute atomic E-state index is 0.0307. The van der Waals surface area contributed by atoms with Gasteiger partial charge in [-0.3, -0.25) is 9.59 Å². The Bertz CT molecular complexity index is 2080. The Balaban J connectivity index is 1.49. The number of methoxy groups -OCH3 is 1. The van der Waals surface area contributed by atoms with Crippen LogP contribution in [0.4, 0.5) is 8.78 Å². The van der Waals surface area contributed by atoms with Crippen molar-refractivity contribution in [3.8, 4) is 22.8 Å². The average Bonchev–Trinajstić information content (AvgIpc) is 3.42. The molecule has 0 saturated carbocycles. The second-order valence-corrected chi connectivity index (χ2v) is 12.0. The molecule has 1 aliphatic heterocycles. The first-order chi connectivity index (χ1) is 22.4. The first kappa shape index (κ1) is 31.8. The number of hydrogen-bond donors (Lipinski definition) is 3. The van der Waals surface area contributed by atoms with Gasteiger partial charge in [-0.15, -0.1) is 0 Å². The molecule has 0 aliphatic carbocycles. The molecular formula is C35H29ClF2N4O5. The van der Waals surface area contributed by atoms with Crippen LogP contribution in [0.15, 0.2) is 72.8 Å². The van der Waals surface area contributed by atoms with E-state index in [9.17, 15) is 19.1 Å². The predicted molar refractivity (Wildman–Crippen MR) is 171 cm³/mol. The number of nitrogens with two attached hydrogens (primary N) is 1. The molecule has 6 rings (SSSR count). The molecule has 5 aromatic rings. The lowest BCUT2D eigenvalue weighted by molar-refractivity contribution is -0.123. The highest BCUT2D eigenvalue weighted by Gasteiger charge is 2.46. The summed E-state index contributed by atoms with van der Waals surface area (Å²) in [5.41, 5.74) is 4.11. The van der Waals surface area contributed by atoms with E-state index in [0.717, 1.165) is 11.8 Å². The maximum atomic E-state index is 15.3. The van der Waals surface area contributed by atoms with Gasteiger partial charge in [-0.05, 0) is 49.7 Å². The number of aryl methyl sites for hydroxylation is 1. The number of aromatic nitrogens is 2. The number of primary amides is 1. The fourth-order valence-corrected chi connectivity index (χ4v) is 5.80. The number of carbonyl (C=O) groups is 2. The van der Waals surface area contributed by atoms with Crippen molar-refractivity contribution in [2.24, 2.45) is 5.73 Å². The molecule has 2 amide bonds. The monoisotopic (exact) mass is 658 g/mol. The Morgan fingerprint density at radius 3 is 2.53 bits per heavy atom. The molecule has 12 heteroatoms. The third-order valence-electron chi connectivity index (χ3n) is 8.44. The van der Waals surface area contributed by atoms with E-state index >= 15 is 4.39 Å². The van der Waals surface area contributed by atoms with E-state index < -0.39 is 41.0 Å². The fourth-order valence-electron chi connectivity index (χ4n) is 5.64. The van der Waals surface area contributed by atoms with Gasteiger partial charge in [0.2, 0.25) is 5.91 Å². The van der Waals surface area contributed by atoms with Gasteiger partial charge in [-0.2, -0.15) is 0 Å². The van der Waals surface area contributed by atoms with Crippen molar-refractivity contribution in [2.75, 3.05) is 20.3 Å². The van der Waals surface area contributed by atoms with E-state index in [-0.39, 0.29) is 45.5 Å². The average molecular weight is 659 g/mol. The lowest BCUT2D eigenvalue weighted by atomic mass is 9.80. The lowest BCUT2D eigenvalue weighted by Gasteiger charge is -2.30. The largest absolute Gasteiger partial charge is 0.494 e. The lowest BCUT2D eigenvalue weighted by Crippen LogP contribution is -2.43. The number of fused-ring (bicyclic) bond motifs is 2. The molecule has 4 N–H and O–H groups in total.